The fraction of sp³-hybridized carbons (Fsp3) is 0.571. The SMILES string of the molecule is C[C@H]1N[C@H]2C[C@]1(C)CNC(=O)CCC=CCOCc1ccc(Br)nc1CC2=O. The van der Waals surface area contributed by atoms with Gasteiger partial charge in [-0.1, -0.05) is 25.1 Å². The highest BCUT2D eigenvalue weighted by molar-refractivity contribution is 9.10. The molecular weight excluding hydrogens is 422 g/mol. The van der Waals surface area contributed by atoms with E-state index in [9.17, 15) is 9.59 Å². The summed E-state index contributed by atoms with van der Waals surface area (Å²) in [4.78, 5) is 29.6. The maximum Gasteiger partial charge on any atom is 0.220 e. The average Bonchev–Trinajstić information content (AvgIpc) is 2.95. The van der Waals surface area contributed by atoms with Crippen LogP contribution in [0.25, 0.3) is 0 Å². The van der Waals surface area contributed by atoms with Gasteiger partial charge in [0.05, 0.1) is 31.4 Å². The second kappa shape index (κ2) is 9.29. The maximum atomic E-state index is 13.0. The monoisotopic (exact) mass is 449 g/mol. The minimum atomic E-state index is -0.233. The van der Waals surface area contributed by atoms with Crippen LogP contribution in [0.5, 0.6) is 0 Å². The van der Waals surface area contributed by atoms with Gasteiger partial charge in [0.1, 0.15) is 4.60 Å². The summed E-state index contributed by atoms with van der Waals surface area (Å²) in [7, 11) is 0. The number of Topliss-reactive ketones (excluding diaryl/α,β-unsaturated/α-hetero) is 1. The first-order valence-electron chi connectivity index (χ1n) is 9.80. The van der Waals surface area contributed by atoms with Crippen LogP contribution in [0.15, 0.2) is 28.9 Å². The molecule has 2 aliphatic heterocycles. The summed E-state index contributed by atoms with van der Waals surface area (Å²) in [5.41, 5.74) is 1.53. The Balaban J connectivity index is 1.81. The summed E-state index contributed by atoms with van der Waals surface area (Å²) in [6.07, 6.45) is 6.01. The third-order valence-corrected chi connectivity index (χ3v) is 6.24. The number of nitrogens with one attached hydrogen (secondary N) is 2. The number of amides is 1. The summed E-state index contributed by atoms with van der Waals surface area (Å²) in [6.45, 7) is 5.64. The molecule has 3 atom stereocenters. The molecule has 6 nitrogen and oxygen atoms in total. The third kappa shape index (κ3) is 5.27. The summed E-state index contributed by atoms with van der Waals surface area (Å²) < 4.78 is 6.43. The second-order valence-electron chi connectivity index (χ2n) is 7.98. The number of ether oxygens (including phenoxy) is 1. The standard InChI is InChI=1S/C21H28BrN3O3/c1-14-21(2)11-17(24-14)18(26)10-16-15(7-8-19(22)25-16)12-28-9-5-3-4-6-20(27)23-13-21/h3,5,7-8,14,17,24H,4,6,9-13H2,1-2H3,(H,23,27)/t14-,17+,21-/m1/s1. The van der Waals surface area contributed by atoms with Gasteiger partial charge in [0.15, 0.2) is 5.78 Å². The molecule has 0 spiro atoms. The van der Waals surface area contributed by atoms with Crippen molar-refractivity contribution in [1.29, 1.82) is 0 Å². The molecule has 2 N–H and O–H groups in total. The number of pyridine rings is 1. The Bertz CT molecular complexity index is 767. The van der Waals surface area contributed by atoms with Crippen LogP contribution >= 0.6 is 15.9 Å². The lowest BCUT2D eigenvalue weighted by Gasteiger charge is -2.28. The fourth-order valence-electron chi connectivity index (χ4n) is 3.74. The molecule has 1 fully saturated rings. The zero-order valence-corrected chi connectivity index (χ0v) is 18.0. The molecule has 3 heterocycles. The lowest BCUT2D eigenvalue weighted by molar-refractivity contribution is -0.121. The molecule has 1 amide bonds. The minimum Gasteiger partial charge on any atom is -0.373 e. The van der Waals surface area contributed by atoms with Crippen molar-refractivity contribution >= 4 is 27.6 Å². The molecule has 28 heavy (non-hydrogen) atoms. The third-order valence-electron chi connectivity index (χ3n) is 5.80. The van der Waals surface area contributed by atoms with Crippen molar-refractivity contribution in [3.63, 3.8) is 0 Å². The Labute approximate surface area is 174 Å². The predicted molar refractivity (Wildman–Crippen MR) is 111 cm³/mol. The molecule has 1 saturated heterocycles. The van der Waals surface area contributed by atoms with Gasteiger partial charge in [-0.25, -0.2) is 4.98 Å². The number of allylic oxidation sites excluding steroid dienone is 1. The van der Waals surface area contributed by atoms with E-state index in [4.69, 9.17) is 4.74 Å². The van der Waals surface area contributed by atoms with Gasteiger partial charge in [-0.15, -0.1) is 0 Å². The number of carbonyl (C=O) groups excluding carboxylic acids is 2. The molecule has 0 aromatic carbocycles. The number of nitrogens with zero attached hydrogens (tertiary/aromatic N) is 1. The van der Waals surface area contributed by atoms with Crippen LogP contribution in [0, 0.1) is 5.41 Å². The number of aromatic nitrogens is 1. The average molecular weight is 450 g/mol. The van der Waals surface area contributed by atoms with E-state index in [1.54, 1.807) is 0 Å². The molecule has 1 aromatic heterocycles. The van der Waals surface area contributed by atoms with Gasteiger partial charge in [0, 0.05) is 24.4 Å². The minimum absolute atomic E-state index is 0.0412. The van der Waals surface area contributed by atoms with Crippen LogP contribution < -0.4 is 10.6 Å². The van der Waals surface area contributed by atoms with Crippen LogP contribution in [-0.4, -0.2) is 41.9 Å². The first-order chi connectivity index (χ1) is 13.4. The van der Waals surface area contributed by atoms with Crippen LogP contribution in [0.2, 0.25) is 0 Å². The molecule has 7 heteroatoms. The van der Waals surface area contributed by atoms with Crippen molar-refractivity contribution in [3.05, 3.63) is 40.1 Å². The molecule has 0 unspecified atom stereocenters. The van der Waals surface area contributed by atoms with Gasteiger partial charge in [0.25, 0.3) is 0 Å². The van der Waals surface area contributed by atoms with E-state index in [1.165, 1.54) is 0 Å². The highest BCUT2D eigenvalue weighted by atomic mass is 79.9. The molecule has 1 aromatic rings. The van der Waals surface area contributed by atoms with Gasteiger partial charge in [-0.3, -0.25) is 9.59 Å². The summed E-state index contributed by atoms with van der Waals surface area (Å²) in [6, 6.07) is 3.73. The number of halogens is 1. The van der Waals surface area contributed by atoms with E-state index in [1.807, 2.05) is 24.3 Å². The highest BCUT2D eigenvalue weighted by Crippen LogP contribution is 2.34. The molecule has 0 saturated carbocycles. The number of hydrogen-bond acceptors (Lipinski definition) is 5. The van der Waals surface area contributed by atoms with Crippen LogP contribution in [0.1, 0.15) is 44.4 Å². The van der Waals surface area contributed by atoms with Gasteiger partial charge in [-0.05, 0) is 47.3 Å². The quantitative estimate of drug-likeness (QED) is 0.470. The Morgan fingerprint density at radius 2 is 2.11 bits per heavy atom. The van der Waals surface area contributed by atoms with E-state index in [2.05, 4.69) is 45.4 Å². The molecule has 0 radical (unpaired) electrons. The molecule has 0 aliphatic carbocycles. The number of ketones is 1. The lowest BCUT2D eigenvalue weighted by atomic mass is 9.81. The molecule has 3 rings (SSSR count). The van der Waals surface area contributed by atoms with Gasteiger partial charge in [-0.2, -0.15) is 0 Å². The van der Waals surface area contributed by atoms with Gasteiger partial charge in [0.2, 0.25) is 5.91 Å². The van der Waals surface area contributed by atoms with E-state index >= 15 is 0 Å². The van der Waals surface area contributed by atoms with Crippen LogP contribution in [-0.2, 0) is 27.4 Å². The van der Waals surface area contributed by atoms with Crippen molar-refractivity contribution in [2.24, 2.45) is 5.41 Å². The van der Waals surface area contributed by atoms with Crippen molar-refractivity contribution in [2.45, 2.75) is 58.2 Å². The predicted octanol–water partition coefficient (Wildman–Crippen LogP) is 2.70. The van der Waals surface area contributed by atoms with Crippen molar-refractivity contribution in [2.75, 3.05) is 13.2 Å². The van der Waals surface area contributed by atoms with Crippen molar-refractivity contribution in [3.8, 4) is 0 Å². The lowest BCUT2D eigenvalue weighted by Crippen LogP contribution is -2.42. The van der Waals surface area contributed by atoms with Crippen LogP contribution in [0.4, 0.5) is 0 Å². The Kier molecular flexibility index (Phi) is 7.01. The summed E-state index contributed by atoms with van der Waals surface area (Å²) in [5, 5.41) is 6.47. The molecule has 2 aliphatic rings. The van der Waals surface area contributed by atoms with Gasteiger partial charge < -0.3 is 15.4 Å². The first-order valence-corrected chi connectivity index (χ1v) is 10.6. The number of hydrogen-bond donors (Lipinski definition) is 2. The van der Waals surface area contributed by atoms with Crippen molar-refractivity contribution < 1.29 is 14.3 Å². The second-order valence-corrected chi connectivity index (χ2v) is 8.80. The Hall–Kier alpha value is -1.57. The maximum absolute atomic E-state index is 13.0. The van der Waals surface area contributed by atoms with Crippen molar-refractivity contribution in [1.82, 2.24) is 15.6 Å². The van der Waals surface area contributed by atoms with E-state index in [-0.39, 0.29) is 35.6 Å². The number of rotatable bonds is 0. The number of carbonyl (C=O) groups is 2. The van der Waals surface area contributed by atoms with E-state index in [0.717, 1.165) is 11.3 Å². The first kappa shape index (κ1) is 21.1. The smallest absolute Gasteiger partial charge is 0.220 e. The zero-order chi connectivity index (χ0) is 20.1. The summed E-state index contributed by atoms with van der Waals surface area (Å²) >= 11 is 3.40. The fourth-order valence-corrected chi connectivity index (χ4v) is 4.09. The topological polar surface area (TPSA) is 80.3 Å². The Morgan fingerprint density at radius 1 is 1.29 bits per heavy atom. The largest absolute Gasteiger partial charge is 0.373 e. The van der Waals surface area contributed by atoms with E-state index in [0.29, 0.717) is 43.6 Å². The molecule has 2 bridgehead atoms. The zero-order valence-electron chi connectivity index (χ0n) is 16.5. The molecular formula is C21H28BrN3O3. The highest BCUT2D eigenvalue weighted by Gasteiger charge is 2.43. The molecule has 152 valence electrons. The van der Waals surface area contributed by atoms with Crippen LogP contribution in [0.3, 0.4) is 0 Å². The van der Waals surface area contributed by atoms with Gasteiger partial charge >= 0.3 is 0 Å². The normalized spacial score (nSPS) is 29.8. The Morgan fingerprint density at radius 3 is 2.93 bits per heavy atom. The number of fused-ring (bicyclic) bond motifs is 3. The van der Waals surface area contributed by atoms with E-state index < -0.39 is 0 Å². The summed E-state index contributed by atoms with van der Waals surface area (Å²) in [5.74, 6) is 0.164.